The Morgan fingerprint density at radius 1 is 1.15 bits per heavy atom. The number of carbonyl (C=O) groups is 2. The maximum atomic E-state index is 12.2. The van der Waals surface area contributed by atoms with Gasteiger partial charge in [-0.25, -0.2) is 13.4 Å². The van der Waals surface area contributed by atoms with Gasteiger partial charge in [-0.3, -0.25) is 18.9 Å². The number of carboxylic acids is 1. The van der Waals surface area contributed by atoms with Crippen LogP contribution >= 0.6 is 11.3 Å². The van der Waals surface area contributed by atoms with Crippen LogP contribution in [0.5, 0.6) is 0 Å². The number of nitrogens with one attached hydrogen (secondary N) is 2. The first-order valence-corrected chi connectivity index (χ1v) is 10.9. The molecule has 0 bridgehead atoms. The summed E-state index contributed by atoms with van der Waals surface area (Å²) < 4.78 is 57.4. The SMILES string of the molecule is O=C(CC(C(=O)O)S(=O)(=O)O)Nc1ccc(S(=O)(=O)Nc2nccs2)cc1. The molecule has 27 heavy (non-hydrogen) atoms. The molecule has 1 amide bonds. The van der Waals surface area contributed by atoms with Gasteiger partial charge < -0.3 is 10.4 Å². The van der Waals surface area contributed by atoms with Gasteiger partial charge in [0.05, 0.1) is 11.3 Å². The number of sulfonamides is 1. The molecule has 0 spiro atoms. The summed E-state index contributed by atoms with van der Waals surface area (Å²) in [4.78, 5) is 26.3. The number of aromatic nitrogens is 1. The molecule has 0 aliphatic carbocycles. The van der Waals surface area contributed by atoms with Crippen LogP contribution < -0.4 is 10.0 Å². The Hall–Kier alpha value is -2.55. The van der Waals surface area contributed by atoms with Crippen molar-refractivity contribution >= 4 is 54.2 Å². The molecule has 0 aliphatic rings. The van der Waals surface area contributed by atoms with Gasteiger partial charge in [0, 0.05) is 17.3 Å². The van der Waals surface area contributed by atoms with Gasteiger partial charge in [0.2, 0.25) is 5.91 Å². The standard InChI is InChI=1S/C13H13N3O8S3/c17-11(7-10(12(18)19)27(22,23)24)15-8-1-3-9(4-2-8)26(20,21)16-13-14-5-6-25-13/h1-6,10H,7H2,(H,14,16)(H,15,17)(H,18,19)(H,22,23,24). The van der Waals surface area contributed by atoms with Crippen LogP contribution in [-0.2, 0) is 29.7 Å². The van der Waals surface area contributed by atoms with Crippen molar-refractivity contribution in [1.29, 1.82) is 0 Å². The van der Waals surface area contributed by atoms with Crippen molar-refractivity contribution in [2.24, 2.45) is 0 Å². The van der Waals surface area contributed by atoms with E-state index < -0.39 is 43.7 Å². The zero-order chi connectivity index (χ0) is 20.2. The summed E-state index contributed by atoms with van der Waals surface area (Å²) in [6, 6.07) is 4.83. The number of thiazole rings is 1. The average molecular weight is 435 g/mol. The molecule has 2 rings (SSSR count). The van der Waals surface area contributed by atoms with E-state index in [4.69, 9.17) is 9.66 Å². The van der Waals surface area contributed by atoms with Crippen LogP contribution in [0.2, 0.25) is 0 Å². The fraction of sp³-hybridized carbons (Fsp3) is 0.154. The third-order valence-corrected chi connectivity index (χ3v) is 6.37. The number of aliphatic carboxylic acids is 1. The summed E-state index contributed by atoms with van der Waals surface area (Å²) in [5.74, 6) is -2.86. The summed E-state index contributed by atoms with van der Waals surface area (Å²) in [5.41, 5.74) is 0.104. The summed E-state index contributed by atoms with van der Waals surface area (Å²) in [6.07, 6.45) is 0.415. The first-order chi connectivity index (χ1) is 12.5. The van der Waals surface area contributed by atoms with Crippen molar-refractivity contribution < 1.29 is 36.1 Å². The van der Waals surface area contributed by atoms with Crippen LogP contribution in [0, 0.1) is 0 Å². The lowest BCUT2D eigenvalue weighted by Crippen LogP contribution is -2.33. The van der Waals surface area contributed by atoms with Crippen molar-refractivity contribution in [2.75, 3.05) is 10.0 Å². The number of nitrogens with zero attached hydrogens (tertiary/aromatic N) is 1. The number of amides is 1. The van der Waals surface area contributed by atoms with Crippen molar-refractivity contribution in [3.8, 4) is 0 Å². The van der Waals surface area contributed by atoms with Crippen molar-refractivity contribution in [1.82, 2.24) is 4.98 Å². The predicted molar refractivity (Wildman–Crippen MR) is 95.6 cm³/mol. The van der Waals surface area contributed by atoms with Gasteiger partial charge in [-0.05, 0) is 24.3 Å². The fourth-order valence-corrected chi connectivity index (χ4v) is 4.27. The van der Waals surface area contributed by atoms with Crippen molar-refractivity contribution in [2.45, 2.75) is 16.6 Å². The smallest absolute Gasteiger partial charge is 0.324 e. The second-order valence-corrected chi connectivity index (χ2v) is 9.24. The van der Waals surface area contributed by atoms with Gasteiger partial charge in [-0.1, -0.05) is 0 Å². The van der Waals surface area contributed by atoms with Crippen LogP contribution in [0.1, 0.15) is 6.42 Å². The molecule has 14 heteroatoms. The van der Waals surface area contributed by atoms with E-state index in [1.807, 2.05) is 0 Å². The summed E-state index contributed by atoms with van der Waals surface area (Å²) in [5, 5.41) is 10.4. The van der Waals surface area contributed by atoms with E-state index in [9.17, 15) is 26.4 Å². The van der Waals surface area contributed by atoms with Crippen molar-refractivity contribution in [3.05, 3.63) is 35.8 Å². The molecule has 146 valence electrons. The zero-order valence-corrected chi connectivity index (χ0v) is 15.7. The molecule has 0 fully saturated rings. The molecule has 11 nitrogen and oxygen atoms in total. The van der Waals surface area contributed by atoms with Crippen LogP contribution in [0.4, 0.5) is 10.8 Å². The molecular weight excluding hydrogens is 422 g/mol. The highest BCUT2D eigenvalue weighted by Gasteiger charge is 2.33. The van der Waals surface area contributed by atoms with E-state index in [0.29, 0.717) is 0 Å². The Labute approximate surface area is 157 Å². The van der Waals surface area contributed by atoms with Crippen LogP contribution in [0.25, 0.3) is 0 Å². The molecule has 0 saturated carbocycles. The largest absolute Gasteiger partial charge is 0.480 e. The molecule has 1 aromatic carbocycles. The Morgan fingerprint density at radius 2 is 1.78 bits per heavy atom. The highest BCUT2D eigenvalue weighted by molar-refractivity contribution is 7.93. The van der Waals surface area contributed by atoms with E-state index in [1.54, 1.807) is 5.38 Å². The predicted octanol–water partition coefficient (Wildman–Crippen LogP) is 0.614. The molecule has 1 unspecified atom stereocenters. The average Bonchev–Trinajstić information content (AvgIpc) is 3.04. The highest BCUT2D eigenvalue weighted by Crippen LogP contribution is 2.20. The summed E-state index contributed by atoms with van der Waals surface area (Å²) >= 11 is 1.09. The highest BCUT2D eigenvalue weighted by atomic mass is 32.2. The Balaban J connectivity index is 2.07. The van der Waals surface area contributed by atoms with Crippen LogP contribution in [0.3, 0.4) is 0 Å². The third kappa shape index (κ3) is 5.72. The monoisotopic (exact) mass is 435 g/mol. The number of carbonyl (C=O) groups excluding carboxylic acids is 1. The molecule has 0 radical (unpaired) electrons. The topological polar surface area (TPSA) is 180 Å². The lowest BCUT2D eigenvalue weighted by atomic mass is 10.2. The van der Waals surface area contributed by atoms with E-state index in [-0.39, 0.29) is 15.7 Å². The summed E-state index contributed by atoms with van der Waals surface area (Å²) in [7, 11) is -8.84. The minimum Gasteiger partial charge on any atom is -0.480 e. The number of hydrogen-bond acceptors (Lipinski definition) is 8. The number of carboxylic acid groups (broad SMARTS) is 1. The minimum absolute atomic E-state index is 0.104. The molecule has 1 aromatic heterocycles. The molecule has 2 aromatic rings. The lowest BCUT2D eigenvalue weighted by molar-refractivity contribution is -0.138. The van der Waals surface area contributed by atoms with Gasteiger partial charge in [0.15, 0.2) is 10.4 Å². The van der Waals surface area contributed by atoms with E-state index in [0.717, 1.165) is 11.3 Å². The molecule has 4 N–H and O–H groups in total. The van der Waals surface area contributed by atoms with Gasteiger partial charge in [-0.2, -0.15) is 8.42 Å². The maximum absolute atomic E-state index is 12.2. The van der Waals surface area contributed by atoms with E-state index in [2.05, 4.69) is 15.0 Å². The first-order valence-electron chi connectivity index (χ1n) is 7.00. The van der Waals surface area contributed by atoms with Gasteiger partial charge in [0.25, 0.3) is 20.1 Å². The molecule has 0 saturated heterocycles. The Bertz CT molecular complexity index is 1030. The first kappa shape index (κ1) is 20.8. The second-order valence-electron chi connectivity index (χ2n) is 5.06. The normalized spacial score (nSPS) is 12.9. The minimum atomic E-state index is -4.96. The van der Waals surface area contributed by atoms with Crippen molar-refractivity contribution in [3.63, 3.8) is 0 Å². The number of anilines is 2. The quantitative estimate of drug-likeness (QED) is 0.432. The van der Waals surface area contributed by atoms with E-state index >= 15 is 0 Å². The van der Waals surface area contributed by atoms with Crippen LogP contribution in [-0.4, -0.2) is 48.6 Å². The molecule has 1 atom stereocenters. The maximum Gasteiger partial charge on any atom is 0.324 e. The number of hydrogen-bond donors (Lipinski definition) is 4. The van der Waals surface area contributed by atoms with Gasteiger partial charge in [-0.15, -0.1) is 11.3 Å². The zero-order valence-electron chi connectivity index (χ0n) is 13.3. The Morgan fingerprint density at radius 3 is 2.26 bits per heavy atom. The third-order valence-electron chi connectivity index (χ3n) is 3.11. The van der Waals surface area contributed by atoms with Gasteiger partial charge >= 0.3 is 5.97 Å². The molecule has 1 heterocycles. The number of benzene rings is 1. The molecular formula is C13H13N3O8S3. The fourth-order valence-electron chi connectivity index (χ4n) is 1.87. The molecule has 0 aliphatic heterocycles. The van der Waals surface area contributed by atoms with Crippen LogP contribution in [0.15, 0.2) is 40.7 Å². The van der Waals surface area contributed by atoms with E-state index in [1.165, 1.54) is 30.5 Å². The van der Waals surface area contributed by atoms with Gasteiger partial charge in [0.1, 0.15) is 0 Å². The lowest BCUT2D eigenvalue weighted by Gasteiger charge is -2.10. The second kappa shape index (κ2) is 7.99. The summed E-state index contributed by atoms with van der Waals surface area (Å²) in [6.45, 7) is 0. The Kier molecular flexibility index (Phi) is 6.15. The number of rotatable bonds is 8.